The van der Waals surface area contributed by atoms with Gasteiger partial charge in [-0.05, 0) is 46.6 Å². The highest BCUT2D eigenvalue weighted by atomic mass is 16.4. The number of oxazole rings is 1. The molecule has 0 radical (unpaired) electrons. The summed E-state index contributed by atoms with van der Waals surface area (Å²) in [6, 6.07) is 0.475. The molecule has 1 N–H and O–H groups in total. The van der Waals surface area contributed by atoms with Gasteiger partial charge in [0.1, 0.15) is 5.76 Å². The maximum Gasteiger partial charge on any atom is 0.208 e. The van der Waals surface area contributed by atoms with Crippen LogP contribution in [0, 0.1) is 13.8 Å². The smallest absolute Gasteiger partial charge is 0.208 e. The molecule has 1 aliphatic heterocycles. The van der Waals surface area contributed by atoms with E-state index in [1.54, 1.807) is 0 Å². The molecule has 2 unspecified atom stereocenters. The van der Waals surface area contributed by atoms with Crippen molar-refractivity contribution in [3.63, 3.8) is 0 Å². The predicted molar refractivity (Wildman–Crippen MR) is 65.7 cm³/mol. The largest absolute Gasteiger partial charge is 0.444 e. The topological polar surface area (TPSA) is 49.5 Å². The van der Waals surface area contributed by atoms with Gasteiger partial charge in [0.15, 0.2) is 0 Å². The van der Waals surface area contributed by atoms with Crippen molar-refractivity contribution in [1.82, 2.24) is 9.88 Å². The molecule has 96 valence electrons. The van der Waals surface area contributed by atoms with E-state index in [2.05, 4.69) is 9.88 Å². The molecule has 0 aromatic carbocycles. The summed E-state index contributed by atoms with van der Waals surface area (Å²) in [4.78, 5) is 6.79. The van der Waals surface area contributed by atoms with E-state index in [4.69, 9.17) is 4.42 Å². The highest BCUT2D eigenvalue weighted by molar-refractivity contribution is 5.05. The second kappa shape index (κ2) is 5.19. The van der Waals surface area contributed by atoms with Crippen molar-refractivity contribution in [2.75, 3.05) is 6.54 Å². The SMILES string of the molecule is Cc1nc(CN2CCCC2CC(C)O)oc1C. The monoisotopic (exact) mass is 238 g/mol. The van der Waals surface area contributed by atoms with Gasteiger partial charge < -0.3 is 9.52 Å². The number of nitrogens with zero attached hydrogens (tertiary/aromatic N) is 2. The molecule has 1 aliphatic rings. The van der Waals surface area contributed by atoms with Gasteiger partial charge in [-0.15, -0.1) is 0 Å². The highest BCUT2D eigenvalue weighted by Gasteiger charge is 2.26. The van der Waals surface area contributed by atoms with E-state index >= 15 is 0 Å². The Bertz CT molecular complexity index is 354. The number of likely N-dealkylation sites (tertiary alicyclic amines) is 1. The fourth-order valence-corrected chi connectivity index (χ4v) is 2.54. The van der Waals surface area contributed by atoms with E-state index in [0.717, 1.165) is 36.9 Å². The Morgan fingerprint density at radius 2 is 2.29 bits per heavy atom. The van der Waals surface area contributed by atoms with Crippen LogP contribution in [0.3, 0.4) is 0 Å². The first-order valence-electron chi connectivity index (χ1n) is 6.41. The molecule has 1 aromatic heterocycles. The zero-order valence-electron chi connectivity index (χ0n) is 10.9. The van der Waals surface area contributed by atoms with Gasteiger partial charge in [0.25, 0.3) is 0 Å². The van der Waals surface area contributed by atoms with Crippen LogP contribution in [-0.2, 0) is 6.54 Å². The number of aliphatic hydroxyl groups excluding tert-OH is 1. The van der Waals surface area contributed by atoms with Crippen LogP contribution in [0.5, 0.6) is 0 Å². The van der Waals surface area contributed by atoms with Crippen molar-refractivity contribution in [1.29, 1.82) is 0 Å². The third kappa shape index (κ3) is 3.07. The minimum Gasteiger partial charge on any atom is -0.444 e. The normalized spacial score (nSPS) is 23.2. The van der Waals surface area contributed by atoms with E-state index < -0.39 is 0 Å². The van der Waals surface area contributed by atoms with Crippen molar-refractivity contribution in [2.24, 2.45) is 0 Å². The molecule has 2 heterocycles. The number of aliphatic hydroxyl groups is 1. The standard InChI is InChI=1S/C13H22N2O2/c1-9(16)7-12-5-4-6-15(12)8-13-14-10(2)11(3)17-13/h9,12,16H,4-8H2,1-3H3. The minimum atomic E-state index is -0.228. The predicted octanol–water partition coefficient (Wildman–Crippen LogP) is 2.03. The van der Waals surface area contributed by atoms with Gasteiger partial charge in [-0.3, -0.25) is 4.90 Å². The minimum absolute atomic E-state index is 0.228. The number of rotatable bonds is 4. The second-order valence-corrected chi connectivity index (χ2v) is 5.10. The third-order valence-electron chi connectivity index (χ3n) is 3.52. The van der Waals surface area contributed by atoms with E-state index in [0.29, 0.717) is 6.04 Å². The number of hydrogen-bond acceptors (Lipinski definition) is 4. The summed E-state index contributed by atoms with van der Waals surface area (Å²) in [5.41, 5.74) is 0.978. The molecule has 0 saturated carbocycles. The summed E-state index contributed by atoms with van der Waals surface area (Å²) in [6.45, 7) is 7.63. The Morgan fingerprint density at radius 3 is 2.88 bits per heavy atom. The quantitative estimate of drug-likeness (QED) is 0.872. The average Bonchev–Trinajstić information content (AvgIpc) is 2.76. The molecular weight excluding hydrogens is 216 g/mol. The van der Waals surface area contributed by atoms with Crippen molar-refractivity contribution in [3.05, 3.63) is 17.3 Å². The Labute approximate surface area is 103 Å². The molecule has 2 rings (SSSR count). The third-order valence-corrected chi connectivity index (χ3v) is 3.52. The zero-order valence-corrected chi connectivity index (χ0v) is 10.9. The molecule has 2 atom stereocenters. The molecule has 0 amide bonds. The lowest BCUT2D eigenvalue weighted by Gasteiger charge is -2.23. The van der Waals surface area contributed by atoms with E-state index in [1.807, 2.05) is 20.8 Å². The molecular formula is C13H22N2O2. The van der Waals surface area contributed by atoms with Crippen molar-refractivity contribution < 1.29 is 9.52 Å². The highest BCUT2D eigenvalue weighted by Crippen LogP contribution is 2.23. The van der Waals surface area contributed by atoms with Crippen molar-refractivity contribution in [3.8, 4) is 0 Å². The van der Waals surface area contributed by atoms with Gasteiger partial charge in [-0.2, -0.15) is 0 Å². The molecule has 17 heavy (non-hydrogen) atoms. The summed E-state index contributed by atoms with van der Waals surface area (Å²) in [6.07, 6.45) is 2.99. The zero-order chi connectivity index (χ0) is 12.4. The van der Waals surface area contributed by atoms with Crippen LogP contribution in [0.1, 0.15) is 43.5 Å². The van der Waals surface area contributed by atoms with Gasteiger partial charge >= 0.3 is 0 Å². The lowest BCUT2D eigenvalue weighted by Crippen LogP contribution is -2.31. The number of aryl methyl sites for hydroxylation is 2. The van der Waals surface area contributed by atoms with Gasteiger partial charge in [-0.1, -0.05) is 0 Å². The summed E-state index contributed by atoms with van der Waals surface area (Å²) in [7, 11) is 0. The maximum atomic E-state index is 9.48. The molecule has 4 nitrogen and oxygen atoms in total. The van der Waals surface area contributed by atoms with Crippen molar-refractivity contribution >= 4 is 0 Å². The fraction of sp³-hybridized carbons (Fsp3) is 0.769. The van der Waals surface area contributed by atoms with Crippen LogP contribution in [0.15, 0.2) is 4.42 Å². The fourth-order valence-electron chi connectivity index (χ4n) is 2.54. The second-order valence-electron chi connectivity index (χ2n) is 5.10. The van der Waals surface area contributed by atoms with Crippen LogP contribution in [0.2, 0.25) is 0 Å². The summed E-state index contributed by atoms with van der Waals surface area (Å²) >= 11 is 0. The Balaban J connectivity index is 1.97. The first-order valence-corrected chi connectivity index (χ1v) is 6.41. The molecule has 1 aromatic rings. The van der Waals surface area contributed by atoms with Gasteiger partial charge in [0.2, 0.25) is 5.89 Å². The van der Waals surface area contributed by atoms with Gasteiger partial charge in [-0.25, -0.2) is 4.98 Å². The van der Waals surface area contributed by atoms with E-state index in [9.17, 15) is 5.11 Å². The van der Waals surface area contributed by atoms with Crippen LogP contribution >= 0.6 is 0 Å². The average molecular weight is 238 g/mol. The van der Waals surface area contributed by atoms with Crippen LogP contribution in [0.25, 0.3) is 0 Å². The first-order chi connectivity index (χ1) is 8.06. The molecule has 0 aliphatic carbocycles. The van der Waals surface area contributed by atoms with Crippen LogP contribution in [0.4, 0.5) is 0 Å². The number of hydrogen-bond donors (Lipinski definition) is 1. The Kier molecular flexibility index (Phi) is 3.84. The van der Waals surface area contributed by atoms with Crippen molar-refractivity contribution in [2.45, 2.75) is 58.7 Å². The maximum absolute atomic E-state index is 9.48. The summed E-state index contributed by atoms with van der Waals surface area (Å²) < 4.78 is 5.61. The molecule has 1 saturated heterocycles. The Morgan fingerprint density at radius 1 is 1.53 bits per heavy atom. The molecule has 0 bridgehead atoms. The van der Waals surface area contributed by atoms with Crippen LogP contribution < -0.4 is 0 Å². The summed E-state index contributed by atoms with van der Waals surface area (Å²) in [5.74, 6) is 1.71. The molecule has 4 heteroatoms. The summed E-state index contributed by atoms with van der Waals surface area (Å²) in [5, 5.41) is 9.48. The first kappa shape index (κ1) is 12.6. The van der Waals surface area contributed by atoms with Gasteiger partial charge in [0, 0.05) is 6.04 Å². The molecule has 1 fully saturated rings. The van der Waals surface area contributed by atoms with E-state index in [-0.39, 0.29) is 6.10 Å². The Hall–Kier alpha value is -0.870. The molecule has 0 spiro atoms. The van der Waals surface area contributed by atoms with E-state index in [1.165, 1.54) is 12.8 Å². The lowest BCUT2D eigenvalue weighted by atomic mass is 10.1. The number of aromatic nitrogens is 1. The van der Waals surface area contributed by atoms with Gasteiger partial charge in [0.05, 0.1) is 18.3 Å². The van der Waals surface area contributed by atoms with Crippen LogP contribution in [-0.4, -0.2) is 33.7 Å². The lowest BCUT2D eigenvalue weighted by molar-refractivity contribution is 0.125.